The van der Waals surface area contributed by atoms with Crippen molar-refractivity contribution < 1.29 is 19.1 Å². The van der Waals surface area contributed by atoms with Crippen molar-refractivity contribution in [2.45, 2.75) is 44.6 Å². The van der Waals surface area contributed by atoms with Gasteiger partial charge < -0.3 is 9.64 Å². The highest BCUT2D eigenvalue weighted by Gasteiger charge is 2.47. The summed E-state index contributed by atoms with van der Waals surface area (Å²) >= 11 is 12.3. The second kappa shape index (κ2) is 10.8. The molecule has 2 aromatic rings. The molecule has 0 radical (unpaired) electrons. The number of nitrogens with one attached hydrogen (secondary N) is 2. The molecule has 0 bridgehead atoms. The summed E-state index contributed by atoms with van der Waals surface area (Å²) in [5.74, 6) is -1.33. The van der Waals surface area contributed by atoms with Gasteiger partial charge in [-0.25, -0.2) is 0 Å². The van der Waals surface area contributed by atoms with Crippen LogP contribution in [0.4, 0.5) is 0 Å². The normalized spacial score (nSPS) is 21.3. The molecule has 0 aromatic heterocycles. The van der Waals surface area contributed by atoms with Gasteiger partial charge in [-0.1, -0.05) is 53.5 Å². The summed E-state index contributed by atoms with van der Waals surface area (Å²) in [4.78, 5) is 39.2. The van der Waals surface area contributed by atoms with E-state index < -0.39 is 36.1 Å². The van der Waals surface area contributed by atoms with Gasteiger partial charge in [0.25, 0.3) is 11.8 Å². The first kappa shape index (κ1) is 24.8. The second-order valence-electron chi connectivity index (χ2n) is 7.71. The summed E-state index contributed by atoms with van der Waals surface area (Å²) in [5, 5.41) is 1.06. The molecule has 33 heavy (non-hydrogen) atoms. The highest BCUT2D eigenvalue weighted by atomic mass is 35.5. The van der Waals surface area contributed by atoms with Crippen LogP contribution in [0.5, 0.6) is 0 Å². The summed E-state index contributed by atoms with van der Waals surface area (Å²) in [7, 11) is 0. The molecule has 9 heteroatoms. The van der Waals surface area contributed by atoms with Crippen molar-refractivity contribution in [1.29, 1.82) is 0 Å². The molecule has 1 saturated heterocycles. The third-order valence-corrected chi connectivity index (χ3v) is 5.84. The number of amides is 3. The summed E-state index contributed by atoms with van der Waals surface area (Å²) in [6, 6.07) is 12.6. The molecular weight excluding hydrogens is 465 g/mol. The van der Waals surface area contributed by atoms with Crippen LogP contribution in [0.2, 0.25) is 10.0 Å². The van der Waals surface area contributed by atoms with E-state index in [2.05, 4.69) is 17.4 Å². The minimum Gasteiger partial charge on any atom is -0.358 e. The van der Waals surface area contributed by atoms with Gasteiger partial charge in [0, 0.05) is 23.4 Å². The molecule has 0 aliphatic carbocycles. The van der Waals surface area contributed by atoms with Crippen molar-refractivity contribution in [2.24, 2.45) is 0 Å². The van der Waals surface area contributed by atoms with Crippen LogP contribution in [0, 0.1) is 0 Å². The highest BCUT2D eigenvalue weighted by molar-refractivity contribution is 6.30. The van der Waals surface area contributed by atoms with Crippen molar-refractivity contribution in [3.63, 3.8) is 0 Å². The van der Waals surface area contributed by atoms with Crippen LogP contribution in [-0.4, -0.2) is 34.8 Å². The average Bonchev–Trinajstić information content (AvgIpc) is 2.78. The number of carbonyl (C=O) groups is 3. The topological polar surface area (TPSA) is 87.7 Å². The predicted octanol–water partition coefficient (Wildman–Crippen LogP) is 4.14. The molecule has 2 N–H and O–H groups in total. The van der Waals surface area contributed by atoms with Gasteiger partial charge in [-0.2, -0.15) is 0 Å². The summed E-state index contributed by atoms with van der Waals surface area (Å²) < 4.78 is 6.28. The minimum atomic E-state index is -0.928. The quantitative estimate of drug-likeness (QED) is 0.471. The van der Waals surface area contributed by atoms with Gasteiger partial charge >= 0.3 is 0 Å². The van der Waals surface area contributed by atoms with E-state index in [0.29, 0.717) is 10.0 Å². The summed E-state index contributed by atoms with van der Waals surface area (Å²) in [5.41, 5.74) is 6.11. The maximum Gasteiger partial charge on any atom is 0.260 e. The molecule has 7 nitrogen and oxygen atoms in total. The number of nitrogens with zero attached hydrogens (tertiary/aromatic N) is 1. The molecule has 1 aliphatic heterocycles. The van der Waals surface area contributed by atoms with Crippen molar-refractivity contribution in [2.75, 3.05) is 0 Å². The van der Waals surface area contributed by atoms with Gasteiger partial charge in [0.2, 0.25) is 5.91 Å². The Hall–Kier alpha value is -2.87. The van der Waals surface area contributed by atoms with Crippen molar-refractivity contribution in [3.05, 3.63) is 82.4 Å². The molecule has 1 heterocycles. The zero-order valence-corrected chi connectivity index (χ0v) is 19.8. The third-order valence-electron chi connectivity index (χ3n) is 5.36. The Morgan fingerprint density at radius 3 is 2.42 bits per heavy atom. The fourth-order valence-corrected chi connectivity index (χ4v) is 4.14. The lowest BCUT2D eigenvalue weighted by molar-refractivity contribution is -0.180. The molecule has 1 fully saturated rings. The first-order chi connectivity index (χ1) is 15.7. The average molecular weight is 490 g/mol. The standard InChI is InChI=1S/C24H25Cl2N3O4/c1-4-6-20-24(32)29(14(2)23(31)28-27-15(3)30)21(16-9-11-18(25)12-10-16)22(33-20)17-7-5-8-19(26)13-17/h4-5,7-14,20-22H,1,6H2,2-3H3,(H,27,30)(H,28,31)/t14-,20-,21+,22-/m1/s1. The number of hydrogen-bond acceptors (Lipinski definition) is 4. The van der Waals surface area contributed by atoms with Crippen LogP contribution in [-0.2, 0) is 19.1 Å². The first-order valence-corrected chi connectivity index (χ1v) is 11.1. The Morgan fingerprint density at radius 1 is 1.12 bits per heavy atom. The molecule has 0 saturated carbocycles. The van der Waals surface area contributed by atoms with Crippen LogP contribution in [0.15, 0.2) is 61.2 Å². The van der Waals surface area contributed by atoms with E-state index in [1.54, 1.807) is 55.5 Å². The summed E-state index contributed by atoms with van der Waals surface area (Å²) in [6.07, 6.45) is 0.398. The molecule has 3 rings (SSSR count). The molecule has 0 unspecified atom stereocenters. The number of hydrogen-bond donors (Lipinski definition) is 2. The van der Waals surface area contributed by atoms with Crippen LogP contribution in [0.25, 0.3) is 0 Å². The fourth-order valence-electron chi connectivity index (χ4n) is 3.82. The van der Waals surface area contributed by atoms with E-state index in [9.17, 15) is 14.4 Å². The number of rotatable bonds is 6. The van der Waals surface area contributed by atoms with Crippen LogP contribution in [0.1, 0.15) is 43.5 Å². The van der Waals surface area contributed by atoms with Crippen molar-refractivity contribution >= 4 is 40.9 Å². The van der Waals surface area contributed by atoms with E-state index in [-0.39, 0.29) is 12.3 Å². The Bertz CT molecular complexity index is 1040. The zero-order valence-electron chi connectivity index (χ0n) is 18.3. The number of ether oxygens (including phenoxy) is 1. The molecule has 1 aliphatic rings. The van der Waals surface area contributed by atoms with Crippen LogP contribution >= 0.6 is 23.2 Å². The van der Waals surface area contributed by atoms with Crippen LogP contribution in [0.3, 0.4) is 0 Å². The molecule has 3 amide bonds. The highest BCUT2D eigenvalue weighted by Crippen LogP contribution is 2.44. The van der Waals surface area contributed by atoms with E-state index in [0.717, 1.165) is 11.1 Å². The van der Waals surface area contributed by atoms with E-state index in [1.807, 2.05) is 6.07 Å². The predicted molar refractivity (Wildman–Crippen MR) is 126 cm³/mol. The van der Waals surface area contributed by atoms with Gasteiger partial charge in [0.15, 0.2) is 0 Å². The maximum atomic E-state index is 13.5. The zero-order chi connectivity index (χ0) is 24.1. The molecule has 0 spiro atoms. The Morgan fingerprint density at radius 2 is 1.82 bits per heavy atom. The fraction of sp³-hybridized carbons (Fsp3) is 0.292. The Kier molecular flexibility index (Phi) is 8.13. The van der Waals surface area contributed by atoms with Crippen LogP contribution < -0.4 is 10.9 Å². The number of hydrazine groups is 1. The van der Waals surface area contributed by atoms with Gasteiger partial charge in [-0.3, -0.25) is 25.2 Å². The van der Waals surface area contributed by atoms with Gasteiger partial charge in [-0.15, -0.1) is 6.58 Å². The Balaban J connectivity index is 2.11. The smallest absolute Gasteiger partial charge is 0.260 e. The molecule has 174 valence electrons. The Labute approximate surface area is 202 Å². The van der Waals surface area contributed by atoms with Crippen molar-refractivity contribution in [1.82, 2.24) is 15.8 Å². The minimum absolute atomic E-state index is 0.264. The van der Waals surface area contributed by atoms with Crippen molar-refractivity contribution in [3.8, 4) is 0 Å². The third kappa shape index (κ3) is 5.74. The number of halogens is 2. The number of benzene rings is 2. The van der Waals surface area contributed by atoms with Gasteiger partial charge in [0.1, 0.15) is 18.2 Å². The second-order valence-corrected chi connectivity index (χ2v) is 8.59. The monoisotopic (exact) mass is 489 g/mol. The first-order valence-electron chi connectivity index (χ1n) is 10.4. The maximum absolute atomic E-state index is 13.5. The lowest BCUT2D eigenvalue weighted by atomic mass is 9.90. The number of morpholine rings is 1. The van der Waals surface area contributed by atoms with Gasteiger partial charge in [0.05, 0.1) is 6.04 Å². The summed E-state index contributed by atoms with van der Waals surface area (Å²) in [6.45, 7) is 6.60. The molecular formula is C24H25Cl2N3O4. The van der Waals surface area contributed by atoms with E-state index in [1.165, 1.54) is 11.8 Å². The van der Waals surface area contributed by atoms with E-state index in [4.69, 9.17) is 27.9 Å². The lowest BCUT2D eigenvalue weighted by Gasteiger charge is -2.46. The van der Waals surface area contributed by atoms with Gasteiger partial charge in [-0.05, 0) is 42.3 Å². The number of carbonyl (C=O) groups excluding carboxylic acids is 3. The molecule has 4 atom stereocenters. The largest absolute Gasteiger partial charge is 0.358 e. The SMILES string of the molecule is C=CC[C@H]1O[C@H](c2cccc(Cl)c2)[C@H](c2ccc(Cl)cc2)N([C@H](C)C(=O)NNC(C)=O)C1=O. The lowest BCUT2D eigenvalue weighted by Crippen LogP contribution is -2.59. The molecule has 2 aromatic carbocycles. The van der Waals surface area contributed by atoms with E-state index >= 15 is 0 Å².